The number of anilines is 1. The van der Waals surface area contributed by atoms with Gasteiger partial charge in [-0.1, -0.05) is 12.1 Å². The molecule has 0 unspecified atom stereocenters. The van der Waals surface area contributed by atoms with Crippen molar-refractivity contribution in [1.29, 1.82) is 0 Å². The monoisotopic (exact) mass is 266 g/mol. The van der Waals surface area contributed by atoms with Gasteiger partial charge in [-0.25, -0.2) is 4.39 Å². The second-order valence-electron chi connectivity index (χ2n) is 5.20. The summed E-state index contributed by atoms with van der Waals surface area (Å²) in [7, 11) is 0. The second-order valence-corrected chi connectivity index (χ2v) is 5.20. The zero-order valence-corrected chi connectivity index (χ0v) is 11.7. The molecule has 0 aliphatic rings. The van der Waals surface area contributed by atoms with E-state index in [9.17, 15) is 9.18 Å². The summed E-state index contributed by atoms with van der Waals surface area (Å²) in [6.45, 7) is 7.08. The van der Waals surface area contributed by atoms with Crippen LogP contribution in [-0.2, 0) is 9.53 Å². The van der Waals surface area contributed by atoms with Crippen LogP contribution in [0.5, 0.6) is 0 Å². The third kappa shape index (κ3) is 5.99. The fraction of sp³-hybridized carbons (Fsp3) is 0.429. The lowest BCUT2D eigenvalue weighted by molar-refractivity contribution is -0.153. The highest BCUT2D eigenvalue weighted by Gasteiger charge is 2.16. The summed E-state index contributed by atoms with van der Waals surface area (Å²) in [6.07, 6.45) is 0.0682. The molecule has 0 amide bonds. The number of rotatable bonds is 4. The zero-order chi connectivity index (χ0) is 14.5. The maximum atomic E-state index is 13.3. The van der Waals surface area contributed by atoms with Gasteiger partial charge in [0.2, 0.25) is 0 Å². The summed E-state index contributed by atoms with van der Waals surface area (Å²) in [6, 6.07) is 6.20. The van der Waals surface area contributed by atoms with Crippen LogP contribution in [0.3, 0.4) is 0 Å². The van der Waals surface area contributed by atoms with Crippen LogP contribution in [0.1, 0.15) is 34.1 Å². The van der Waals surface area contributed by atoms with Crippen LogP contribution < -0.4 is 5.43 Å². The normalized spacial score (nSPS) is 12.2. The Morgan fingerprint density at radius 2 is 2.00 bits per heavy atom. The van der Waals surface area contributed by atoms with Gasteiger partial charge in [0.25, 0.3) is 0 Å². The maximum Gasteiger partial charge on any atom is 0.312 e. The number of hydrogen-bond donors (Lipinski definition) is 1. The molecule has 104 valence electrons. The van der Waals surface area contributed by atoms with Gasteiger partial charge >= 0.3 is 5.97 Å². The highest BCUT2D eigenvalue weighted by Crippen LogP contribution is 2.12. The molecule has 19 heavy (non-hydrogen) atoms. The Balaban J connectivity index is 2.54. The second kappa shape index (κ2) is 6.31. The average Bonchev–Trinajstić information content (AvgIpc) is 2.25. The van der Waals surface area contributed by atoms with Gasteiger partial charge in [0.15, 0.2) is 0 Å². The van der Waals surface area contributed by atoms with Crippen LogP contribution in [0.2, 0.25) is 0 Å². The van der Waals surface area contributed by atoms with Crippen LogP contribution in [0.15, 0.2) is 29.4 Å². The Labute approximate surface area is 112 Å². The van der Waals surface area contributed by atoms with Crippen molar-refractivity contribution in [2.75, 3.05) is 5.43 Å². The van der Waals surface area contributed by atoms with Gasteiger partial charge in [-0.2, -0.15) is 5.10 Å². The molecule has 0 aromatic heterocycles. The zero-order valence-electron chi connectivity index (χ0n) is 11.7. The fourth-order valence-corrected chi connectivity index (χ4v) is 1.33. The van der Waals surface area contributed by atoms with Crippen molar-refractivity contribution in [2.24, 2.45) is 5.10 Å². The molecule has 1 N–H and O–H groups in total. The first-order valence-corrected chi connectivity index (χ1v) is 6.03. The summed E-state index contributed by atoms with van der Waals surface area (Å²) >= 11 is 0. The maximum absolute atomic E-state index is 13.3. The van der Waals surface area contributed by atoms with E-state index in [1.165, 1.54) is 6.07 Å². The van der Waals surface area contributed by atoms with E-state index < -0.39 is 11.4 Å². The van der Waals surface area contributed by atoms with Crippen molar-refractivity contribution in [3.63, 3.8) is 0 Å². The number of esters is 1. The summed E-state index contributed by atoms with van der Waals surface area (Å²) in [5.74, 6) is -0.750. The lowest BCUT2D eigenvalue weighted by Gasteiger charge is -2.19. The van der Waals surface area contributed by atoms with Gasteiger partial charge in [-0.05, 0) is 39.8 Å². The molecule has 1 rings (SSSR count). The Hall–Kier alpha value is -1.91. The van der Waals surface area contributed by atoms with E-state index in [2.05, 4.69) is 10.5 Å². The average molecular weight is 266 g/mol. The van der Waals surface area contributed by atoms with E-state index in [0.717, 1.165) is 0 Å². The van der Waals surface area contributed by atoms with Crippen LogP contribution in [0.4, 0.5) is 10.1 Å². The van der Waals surface area contributed by atoms with Gasteiger partial charge < -0.3 is 4.74 Å². The topological polar surface area (TPSA) is 50.7 Å². The first kappa shape index (κ1) is 15.1. The molecule has 0 spiro atoms. The first-order valence-electron chi connectivity index (χ1n) is 6.03. The van der Waals surface area contributed by atoms with Crippen molar-refractivity contribution in [1.82, 2.24) is 0 Å². The molecular formula is C14H19FN2O2. The molecule has 1 aromatic rings. The molecular weight excluding hydrogens is 247 g/mol. The molecule has 0 atom stereocenters. The Bertz CT molecular complexity index is 479. The number of para-hydroxylation sites is 1. The fourth-order valence-electron chi connectivity index (χ4n) is 1.33. The smallest absolute Gasteiger partial charge is 0.312 e. The van der Waals surface area contributed by atoms with E-state index >= 15 is 0 Å². The minimum absolute atomic E-state index is 0.0682. The molecule has 0 saturated carbocycles. The van der Waals surface area contributed by atoms with E-state index in [4.69, 9.17) is 4.74 Å². The van der Waals surface area contributed by atoms with Gasteiger partial charge in [-0.3, -0.25) is 10.2 Å². The quantitative estimate of drug-likeness (QED) is 0.516. The van der Waals surface area contributed by atoms with E-state index in [1.54, 1.807) is 45.9 Å². The highest BCUT2D eigenvalue weighted by molar-refractivity contribution is 5.97. The Morgan fingerprint density at radius 1 is 1.37 bits per heavy atom. The predicted molar refractivity (Wildman–Crippen MR) is 73.6 cm³/mol. The molecule has 0 bridgehead atoms. The van der Waals surface area contributed by atoms with E-state index in [0.29, 0.717) is 5.71 Å². The first-order chi connectivity index (χ1) is 8.78. The molecule has 4 nitrogen and oxygen atoms in total. The van der Waals surface area contributed by atoms with Crippen molar-refractivity contribution in [3.8, 4) is 0 Å². The molecule has 0 fully saturated rings. The van der Waals surface area contributed by atoms with Gasteiger partial charge in [0, 0.05) is 5.71 Å². The largest absolute Gasteiger partial charge is 0.460 e. The number of nitrogens with zero attached hydrogens (tertiary/aromatic N) is 1. The van der Waals surface area contributed by atoms with Gasteiger partial charge in [0.1, 0.15) is 11.4 Å². The minimum Gasteiger partial charge on any atom is -0.460 e. The third-order valence-corrected chi connectivity index (χ3v) is 2.06. The van der Waals surface area contributed by atoms with Crippen LogP contribution >= 0.6 is 0 Å². The van der Waals surface area contributed by atoms with Crippen LogP contribution in [-0.4, -0.2) is 17.3 Å². The number of hydrogen-bond acceptors (Lipinski definition) is 4. The van der Waals surface area contributed by atoms with Crippen molar-refractivity contribution in [3.05, 3.63) is 30.1 Å². The van der Waals surface area contributed by atoms with Crippen LogP contribution in [0, 0.1) is 5.82 Å². The van der Waals surface area contributed by atoms with Gasteiger partial charge in [0.05, 0.1) is 12.1 Å². The van der Waals surface area contributed by atoms with Crippen molar-refractivity contribution < 1.29 is 13.9 Å². The molecule has 0 saturated heterocycles. The molecule has 0 aliphatic carbocycles. The standard InChI is InChI=1S/C14H19FN2O2/c1-10(9-13(18)19-14(2,3)4)16-17-12-8-6-5-7-11(12)15/h5-8,17H,9H2,1-4H3. The SMILES string of the molecule is CC(CC(=O)OC(C)(C)C)=NNc1ccccc1F. The van der Waals surface area contributed by atoms with Crippen molar-refractivity contribution in [2.45, 2.75) is 39.7 Å². The summed E-state index contributed by atoms with van der Waals surface area (Å²) in [5, 5.41) is 3.95. The molecule has 0 radical (unpaired) electrons. The number of ether oxygens (including phenoxy) is 1. The van der Waals surface area contributed by atoms with E-state index in [1.807, 2.05) is 0 Å². The number of hydrazone groups is 1. The summed E-state index contributed by atoms with van der Waals surface area (Å²) < 4.78 is 18.5. The van der Waals surface area contributed by atoms with Crippen molar-refractivity contribution >= 4 is 17.4 Å². The third-order valence-electron chi connectivity index (χ3n) is 2.06. The number of carbonyl (C=O) groups excluding carboxylic acids is 1. The molecule has 5 heteroatoms. The highest BCUT2D eigenvalue weighted by atomic mass is 19.1. The molecule has 1 aromatic carbocycles. The number of nitrogens with one attached hydrogen (secondary N) is 1. The summed E-state index contributed by atoms with van der Waals surface area (Å²) in [5.41, 5.74) is 2.86. The Kier molecular flexibility index (Phi) is 5.03. The Morgan fingerprint density at radius 3 is 2.58 bits per heavy atom. The minimum atomic E-state index is -0.518. The van der Waals surface area contributed by atoms with Crippen LogP contribution in [0.25, 0.3) is 0 Å². The number of benzene rings is 1. The lowest BCUT2D eigenvalue weighted by atomic mass is 10.2. The molecule has 0 heterocycles. The number of halogens is 1. The predicted octanol–water partition coefficient (Wildman–Crippen LogP) is 3.35. The lowest BCUT2D eigenvalue weighted by Crippen LogP contribution is -2.25. The van der Waals surface area contributed by atoms with E-state index in [-0.39, 0.29) is 18.1 Å². The number of carbonyl (C=O) groups is 1. The summed E-state index contributed by atoms with van der Waals surface area (Å²) in [4.78, 5) is 11.5. The molecule has 0 aliphatic heterocycles. The van der Waals surface area contributed by atoms with Gasteiger partial charge in [-0.15, -0.1) is 0 Å².